The fourth-order valence-corrected chi connectivity index (χ4v) is 3.46. The number of benzene rings is 1. The summed E-state index contributed by atoms with van der Waals surface area (Å²) < 4.78 is 6.97. The molecule has 1 aliphatic heterocycles. The summed E-state index contributed by atoms with van der Waals surface area (Å²) >= 11 is 0. The largest absolute Gasteiger partial charge is 0.497 e. The minimum atomic E-state index is -0.0279. The molecule has 1 atom stereocenters. The van der Waals surface area contributed by atoms with Crippen molar-refractivity contribution in [2.75, 3.05) is 26.7 Å². The predicted molar refractivity (Wildman–Crippen MR) is 105 cm³/mol. The Labute approximate surface area is 164 Å². The maximum Gasteiger partial charge on any atom is 0.257 e. The predicted octanol–water partition coefficient (Wildman–Crippen LogP) is 2.12. The lowest BCUT2D eigenvalue weighted by molar-refractivity contribution is 0.0634. The molecule has 0 saturated carbocycles. The van der Waals surface area contributed by atoms with Gasteiger partial charge in [0.1, 0.15) is 5.75 Å². The second-order valence-electron chi connectivity index (χ2n) is 6.78. The maximum absolute atomic E-state index is 13.1. The molecule has 1 aliphatic rings. The van der Waals surface area contributed by atoms with Crippen molar-refractivity contribution in [1.82, 2.24) is 25.0 Å². The van der Waals surface area contributed by atoms with Crippen LogP contribution in [0.3, 0.4) is 0 Å². The first-order valence-corrected chi connectivity index (χ1v) is 9.31. The van der Waals surface area contributed by atoms with Crippen LogP contribution in [0, 0.1) is 0 Å². The zero-order valence-corrected chi connectivity index (χ0v) is 15.8. The number of aromatic nitrogens is 3. The van der Waals surface area contributed by atoms with Crippen molar-refractivity contribution < 1.29 is 9.53 Å². The summed E-state index contributed by atoms with van der Waals surface area (Å²) in [5, 5.41) is 7.74. The van der Waals surface area contributed by atoms with E-state index in [9.17, 15) is 4.79 Å². The van der Waals surface area contributed by atoms with E-state index in [1.165, 1.54) is 0 Å². The van der Waals surface area contributed by atoms with Crippen molar-refractivity contribution in [2.24, 2.45) is 0 Å². The SMILES string of the molecule is COc1ccc(Cn2cc(C(=O)N3CCNCC3c3cccnc3)cn2)cc1. The minimum absolute atomic E-state index is 0.00339. The topological polar surface area (TPSA) is 72.3 Å². The fourth-order valence-electron chi connectivity index (χ4n) is 3.46. The minimum Gasteiger partial charge on any atom is -0.497 e. The number of amides is 1. The van der Waals surface area contributed by atoms with Crippen LogP contribution in [0.1, 0.15) is 27.5 Å². The van der Waals surface area contributed by atoms with Gasteiger partial charge in [-0.05, 0) is 29.3 Å². The van der Waals surface area contributed by atoms with Gasteiger partial charge in [0.2, 0.25) is 0 Å². The molecule has 0 radical (unpaired) electrons. The summed E-state index contributed by atoms with van der Waals surface area (Å²) in [5.74, 6) is 0.816. The molecule has 1 aromatic carbocycles. The van der Waals surface area contributed by atoms with Crippen LogP contribution >= 0.6 is 0 Å². The number of carbonyl (C=O) groups is 1. The number of methoxy groups -OCH3 is 1. The summed E-state index contributed by atoms with van der Waals surface area (Å²) in [4.78, 5) is 19.2. The van der Waals surface area contributed by atoms with E-state index in [1.807, 2.05) is 53.7 Å². The molecule has 3 heterocycles. The van der Waals surface area contributed by atoms with Gasteiger partial charge in [0.05, 0.1) is 31.5 Å². The Hall–Kier alpha value is -3.19. The molecule has 1 fully saturated rings. The van der Waals surface area contributed by atoms with Crippen LogP contribution in [0.25, 0.3) is 0 Å². The van der Waals surface area contributed by atoms with E-state index in [0.717, 1.165) is 30.0 Å². The third kappa shape index (κ3) is 3.89. The number of hydrogen-bond donors (Lipinski definition) is 1. The Morgan fingerprint density at radius 3 is 2.86 bits per heavy atom. The fraction of sp³-hybridized carbons (Fsp3) is 0.286. The van der Waals surface area contributed by atoms with Gasteiger partial charge in [0.15, 0.2) is 0 Å². The lowest BCUT2D eigenvalue weighted by atomic mass is 10.0. The van der Waals surface area contributed by atoms with Crippen LogP contribution in [0.15, 0.2) is 61.2 Å². The van der Waals surface area contributed by atoms with Gasteiger partial charge in [-0.2, -0.15) is 5.10 Å². The number of carbonyl (C=O) groups excluding carboxylic acids is 1. The Morgan fingerprint density at radius 1 is 1.25 bits per heavy atom. The average Bonchev–Trinajstić information content (AvgIpc) is 3.23. The van der Waals surface area contributed by atoms with Gasteiger partial charge in [-0.1, -0.05) is 18.2 Å². The first-order chi connectivity index (χ1) is 13.7. The highest BCUT2D eigenvalue weighted by Gasteiger charge is 2.29. The van der Waals surface area contributed by atoms with Crippen LogP contribution < -0.4 is 10.1 Å². The third-order valence-corrected chi connectivity index (χ3v) is 4.96. The lowest BCUT2D eigenvalue weighted by Gasteiger charge is -2.36. The van der Waals surface area contributed by atoms with E-state index < -0.39 is 0 Å². The van der Waals surface area contributed by atoms with Crippen LogP contribution in [-0.2, 0) is 6.54 Å². The Kier molecular flexibility index (Phi) is 5.34. The summed E-state index contributed by atoms with van der Waals surface area (Å²) in [6.45, 7) is 2.76. The van der Waals surface area contributed by atoms with Crippen molar-refractivity contribution in [2.45, 2.75) is 12.6 Å². The van der Waals surface area contributed by atoms with Crippen molar-refractivity contribution in [3.8, 4) is 5.75 Å². The van der Waals surface area contributed by atoms with Gasteiger partial charge >= 0.3 is 0 Å². The molecule has 0 spiro atoms. The number of hydrogen-bond acceptors (Lipinski definition) is 5. The number of nitrogens with one attached hydrogen (secondary N) is 1. The third-order valence-electron chi connectivity index (χ3n) is 4.96. The van der Waals surface area contributed by atoms with Crippen molar-refractivity contribution in [3.63, 3.8) is 0 Å². The van der Waals surface area contributed by atoms with Crippen molar-refractivity contribution in [1.29, 1.82) is 0 Å². The number of nitrogens with zero attached hydrogens (tertiary/aromatic N) is 4. The summed E-state index contributed by atoms with van der Waals surface area (Å²) in [5.41, 5.74) is 2.73. The Morgan fingerprint density at radius 2 is 2.11 bits per heavy atom. The summed E-state index contributed by atoms with van der Waals surface area (Å²) in [6, 6.07) is 11.7. The number of ether oxygens (including phenoxy) is 1. The summed E-state index contributed by atoms with van der Waals surface area (Å²) in [7, 11) is 1.65. The molecule has 7 heteroatoms. The lowest BCUT2D eigenvalue weighted by Crippen LogP contribution is -2.48. The van der Waals surface area contributed by atoms with Crippen LogP contribution in [0.4, 0.5) is 0 Å². The second kappa shape index (κ2) is 8.22. The number of pyridine rings is 1. The molecule has 7 nitrogen and oxygen atoms in total. The zero-order valence-electron chi connectivity index (χ0n) is 15.8. The molecule has 1 N–H and O–H groups in total. The molecule has 0 aliphatic carbocycles. The van der Waals surface area contributed by atoms with Gasteiger partial charge in [-0.25, -0.2) is 0 Å². The molecule has 2 aromatic heterocycles. The standard InChI is InChI=1S/C21H23N5O2/c1-28-19-6-4-16(5-7-19)14-25-15-18(12-24-25)21(27)26-10-9-23-13-20(26)17-3-2-8-22-11-17/h2-8,11-12,15,20,23H,9-10,13-14H2,1H3. The van der Waals surface area contributed by atoms with Crippen LogP contribution in [0.5, 0.6) is 5.75 Å². The molecular weight excluding hydrogens is 354 g/mol. The van der Waals surface area contributed by atoms with E-state index in [-0.39, 0.29) is 11.9 Å². The number of piperazine rings is 1. The second-order valence-corrected chi connectivity index (χ2v) is 6.78. The van der Waals surface area contributed by atoms with E-state index in [2.05, 4.69) is 15.4 Å². The number of rotatable bonds is 5. The van der Waals surface area contributed by atoms with Gasteiger partial charge in [0.25, 0.3) is 5.91 Å². The molecule has 0 bridgehead atoms. The van der Waals surface area contributed by atoms with Crippen molar-refractivity contribution >= 4 is 5.91 Å². The van der Waals surface area contributed by atoms with Crippen molar-refractivity contribution in [3.05, 3.63) is 77.9 Å². The Balaban J connectivity index is 1.49. The van der Waals surface area contributed by atoms with Gasteiger partial charge in [-0.15, -0.1) is 0 Å². The Bertz CT molecular complexity index is 923. The highest BCUT2D eigenvalue weighted by atomic mass is 16.5. The highest BCUT2D eigenvalue weighted by molar-refractivity contribution is 5.94. The van der Waals surface area contributed by atoms with E-state index in [4.69, 9.17) is 4.74 Å². The van der Waals surface area contributed by atoms with Gasteiger partial charge in [0, 0.05) is 38.2 Å². The normalized spacial score (nSPS) is 16.8. The molecule has 28 heavy (non-hydrogen) atoms. The zero-order chi connectivity index (χ0) is 19.3. The van der Waals surface area contributed by atoms with E-state index in [1.54, 1.807) is 24.2 Å². The first kappa shape index (κ1) is 18.2. The smallest absolute Gasteiger partial charge is 0.257 e. The van der Waals surface area contributed by atoms with E-state index in [0.29, 0.717) is 18.7 Å². The first-order valence-electron chi connectivity index (χ1n) is 9.31. The van der Waals surface area contributed by atoms with Crippen LogP contribution in [-0.4, -0.2) is 52.3 Å². The molecule has 1 unspecified atom stereocenters. The monoisotopic (exact) mass is 377 g/mol. The molecule has 1 saturated heterocycles. The molecule has 3 aromatic rings. The van der Waals surface area contributed by atoms with Gasteiger partial charge in [-0.3, -0.25) is 14.5 Å². The van der Waals surface area contributed by atoms with Gasteiger partial charge < -0.3 is 15.0 Å². The molecule has 1 amide bonds. The van der Waals surface area contributed by atoms with E-state index >= 15 is 0 Å². The quantitative estimate of drug-likeness (QED) is 0.737. The highest BCUT2D eigenvalue weighted by Crippen LogP contribution is 2.23. The average molecular weight is 377 g/mol. The van der Waals surface area contributed by atoms with Crippen LogP contribution in [0.2, 0.25) is 0 Å². The molecule has 144 valence electrons. The summed E-state index contributed by atoms with van der Waals surface area (Å²) in [6.07, 6.45) is 7.03. The molecular formula is C21H23N5O2. The molecule has 4 rings (SSSR count). The maximum atomic E-state index is 13.1.